The Morgan fingerprint density at radius 2 is 1.94 bits per heavy atom. The molecule has 0 amide bonds. The quantitative estimate of drug-likeness (QED) is 0.765. The summed E-state index contributed by atoms with van der Waals surface area (Å²) in [5, 5.41) is 6.92. The molecule has 1 aromatic rings. The molecule has 0 radical (unpaired) electrons. The Morgan fingerprint density at radius 1 is 1.25 bits per heavy atom. The molecule has 0 aromatic heterocycles. The van der Waals surface area contributed by atoms with Gasteiger partial charge in [-0.25, -0.2) is 0 Å². The van der Waals surface area contributed by atoms with Gasteiger partial charge >= 0.3 is 0 Å². The highest BCUT2D eigenvalue weighted by molar-refractivity contribution is 7.80. The summed E-state index contributed by atoms with van der Waals surface area (Å²) in [7, 11) is 1.67. The molecule has 0 unspecified atom stereocenters. The van der Waals surface area contributed by atoms with Crippen LogP contribution in [0.4, 0.5) is 0 Å². The zero-order valence-electron chi connectivity index (χ0n) is 9.75. The minimum atomic E-state index is 0.719. The topological polar surface area (TPSA) is 33.3 Å². The van der Waals surface area contributed by atoms with Crippen molar-refractivity contribution >= 4 is 17.3 Å². The fourth-order valence-corrected chi connectivity index (χ4v) is 1.58. The van der Waals surface area contributed by atoms with Crippen LogP contribution in [0.25, 0.3) is 0 Å². The van der Waals surface area contributed by atoms with Crippen molar-refractivity contribution in [3.8, 4) is 5.75 Å². The van der Waals surface area contributed by atoms with E-state index in [0.29, 0.717) is 0 Å². The summed E-state index contributed by atoms with van der Waals surface area (Å²) < 4.78 is 5.10. The highest BCUT2D eigenvalue weighted by atomic mass is 32.1. The molecule has 3 nitrogen and oxygen atoms in total. The predicted octanol–water partition coefficient (Wildman–Crippen LogP) is 1.72. The lowest BCUT2D eigenvalue weighted by atomic mass is 10.1. The molecule has 0 heterocycles. The van der Waals surface area contributed by atoms with E-state index in [0.717, 1.165) is 30.4 Å². The SMILES string of the molecule is CCNC(=S)NCCc1ccc(OC)cc1. The van der Waals surface area contributed by atoms with Crippen molar-refractivity contribution in [2.24, 2.45) is 0 Å². The maximum atomic E-state index is 5.10. The summed E-state index contributed by atoms with van der Waals surface area (Å²) in [6.07, 6.45) is 0.954. The molecule has 0 saturated heterocycles. The van der Waals surface area contributed by atoms with Crippen LogP contribution in [-0.2, 0) is 6.42 Å². The number of thiocarbonyl (C=S) groups is 1. The van der Waals surface area contributed by atoms with Crippen LogP contribution in [0.1, 0.15) is 12.5 Å². The average molecular weight is 238 g/mol. The van der Waals surface area contributed by atoms with Gasteiger partial charge in [0.05, 0.1) is 7.11 Å². The van der Waals surface area contributed by atoms with Gasteiger partial charge in [-0.05, 0) is 43.3 Å². The Morgan fingerprint density at radius 3 is 2.50 bits per heavy atom. The van der Waals surface area contributed by atoms with Crippen LogP contribution in [0.15, 0.2) is 24.3 Å². The summed E-state index contributed by atoms with van der Waals surface area (Å²) >= 11 is 5.07. The van der Waals surface area contributed by atoms with Gasteiger partial charge in [0, 0.05) is 13.1 Å². The first-order valence-corrected chi connectivity index (χ1v) is 5.81. The Hall–Kier alpha value is -1.29. The minimum absolute atomic E-state index is 0.719. The maximum Gasteiger partial charge on any atom is 0.166 e. The van der Waals surface area contributed by atoms with E-state index in [1.54, 1.807) is 7.11 Å². The standard InChI is InChI=1S/C12H18N2OS/c1-3-13-12(16)14-9-8-10-4-6-11(15-2)7-5-10/h4-7H,3,8-9H2,1-2H3,(H2,13,14,16). The van der Waals surface area contributed by atoms with Crippen molar-refractivity contribution in [1.29, 1.82) is 0 Å². The van der Waals surface area contributed by atoms with Crippen LogP contribution in [0.2, 0.25) is 0 Å². The monoisotopic (exact) mass is 238 g/mol. The van der Waals surface area contributed by atoms with E-state index in [9.17, 15) is 0 Å². The summed E-state index contributed by atoms with van der Waals surface area (Å²) in [6, 6.07) is 8.07. The van der Waals surface area contributed by atoms with Gasteiger partial charge in [-0.15, -0.1) is 0 Å². The molecule has 16 heavy (non-hydrogen) atoms. The average Bonchev–Trinajstić information content (AvgIpc) is 2.30. The van der Waals surface area contributed by atoms with Crippen molar-refractivity contribution < 1.29 is 4.74 Å². The molecule has 0 bridgehead atoms. The van der Waals surface area contributed by atoms with E-state index < -0.39 is 0 Å². The van der Waals surface area contributed by atoms with Crippen molar-refractivity contribution in [3.05, 3.63) is 29.8 Å². The van der Waals surface area contributed by atoms with Crippen LogP contribution >= 0.6 is 12.2 Å². The van der Waals surface area contributed by atoms with E-state index >= 15 is 0 Å². The normalized spacial score (nSPS) is 9.62. The third-order valence-electron chi connectivity index (χ3n) is 2.20. The Bertz CT molecular complexity index is 324. The molecule has 0 fully saturated rings. The van der Waals surface area contributed by atoms with Crippen LogP contribution in [-0.4, -0.2) is 25.3 Å². The first-order valence-electron chi connectivity index (χ1n) is 5.41. The summed E-state index contributed by atoms with van der Waals surface area (Å²) in [5.41, 5.74) is 1.27. The number of benzene rings is 1. The summed E-state index contributed by atoms with van der Waals surface area (Å²) in [5.74, 6) is 0.889. The molecule has 0 spiro atoms. The largest absolute Gasteiger partial charge is 0.497 e. The second-order valence-electron chi connectivity index (χ2n) is 3.38. The Kier molecular flexibility index (Phi) is 5.64. The smallest absolute Gasteiger partial charge is 0.166 e. The second-order valence-corrected chi connectivity index (χ2v) is 3.79. The third kappa shape index (κ3) is 4.49. The van der Waals surface area contributed by atoms with Crippen molar-refractivity contribution in [2.75, 3.05) is 20.2 Å². The molecule has 1 aromatic carbocycles. The fraction of sp³-hybridized carbons (Fsp3) is 0.417. The van der Waals surface area contributed by atoms with E-state index in [1.165, 1.54) is 5.56 Å². The molecule has 0 atom stereocenters. The number of hydrogen-bond acceptors (Lipinski definition) is 2. The Labute approximate surface area is 102 Å². The van der Waals surface area contributed by atoms with Gasteiger partial charge in [-0.2, -0.15) is 0 Å². The van der Waals surface area contributed by atoms with Crippen molar-refractivity contribution in [3.63, 3.8) is 0 Å². The Balaban J connectivity index is 2.29. The lowest BCUT2D eigenvalue weighted by Crippen LogP contribution is -2.36. The lowest BCUT2D eigenvalue weighted by molar-refractivity contribution is 0.414. The van der Waals surface area contributed by atoms with E-state index in [4.69, 9.17) is 17.0 Å². The first kappa shape index (κ1) is 12.8. The molecule has 0 aliphatic carbocycles. The number of rotatable bonds is 5. The third-order valence-corrected chi connectivity index (χ3v) is 2.48. The number of ether oxygens (including phenoxy) is 1. The van der Waals surface area contributed by atoms with Gasteiger partial charge in [-0.1, -0.05) is 12.1 Å². The van der Waals surface area contributed by atoms with Crippen molar-refractivity contribution in [1.82, 2.24) is 10.6 Å². The van der Waals surface area contributed by atoms with Crippen LogP contribution < -0.4 is 15.4 Å². The highest BCUT2D eigenvalue weighted by Crippen LogP contribution is 2.11. The van der Waals surface area contributed by atoms with E-state index in [2.05, 4.69) is 22.8 Å². The van der Waals surface area contributed by atoms with Crippen LogP contribution in [0, 0.1) is 0 Å². The zero-order valence-corrected chi connectivity index (χ0v) is 10.6. The second kappa shape index (κ2) is 7.06. The maximum absolute atomic E-state index is 5.10. The van der Waals surface area contributed by atoms with E-state index in [-0.39, 0.29) is 0 Å². The molecular weight excluding hydrogens is 220 g/mol. The molecule has 0 saturated carbocycles. The number of nitrogens with one attached hydrogen (secondary N) is 2. The van der Waals surface area contributed by atoms with Gasteiger partial charge in [0.15, 0.2) is 5.11 Å². The van der Waals surface area contributed by atoms with Gasteiger partial charge in [0.2, 0.25) is 0 Å². The first-order chi connectivity index (χ1) is 7.76. The highest BCUT2D eigenvalue weighted by Gasteiger charge is 1.96. The predicted molar refractivity (Wildman–Crippen MR) is 71.0 cm³/mol. The molecule has 88 valence electrons. The van der Waals surface area contributed by atoms with Gasteiger partial charge in [-0.3, -0.25) is 0 Å². The molecule has 0 aliphatic rings. The minimum Gasteiger partial charge on any atom is -0.497 e. The molecule has 0 aliphatic heterocycles. The fourth-order valence-electron chi connectivity index (χ4n) is 1.34. The molecular formula is C12H18N2OS. The van der Waals surface area contributed by atoms with Gasteiger partial charge < -0.3 is 15.4 Å². The van der Waals surface area contributed by atoms with Crippen LogP contribution in [0.3, 0.4) is 0 Å². The van der Waals surface area contributed by atoms with Crippen LogP contribution in [0.5, 0.6) is 5.75 Å². The zero-order chi connectivity index (χ0) is 11.8. The molecule has 4 heteroatoms. The lowest BCUT2D eigenvalue weighted by Gasteiger charge is -2.08. The number of hydrogen-bond donors (Lipinski definition) is 2. The van der Waals surface area contributed by atoms with Gasteiger partial charge in [0.1, 0.15) is 5.75 Å². The summed E-state index contributed by atoms with van der Waals surface area (Å²) in [6.45, 7) is 3.73. The van der Waals surface area contributed by atoms with Crippen molar-refractivity contribution in [2.45, 2.75) is 13.3 Å². The molecule has 1 rings (SSSR count). The van der Waals surface area contributed by atoms with E-state index in [1.807, 2.05) is 19.1 Å². The number of methoxy groups -OCH3 is 1. The summed E-state index contributed by atoms with van der Waals surface area (Å²) in [4.78, 5) is 0. The van der Waals surface area contributed by atoms with Gasteiger partial charge in [0.25, 0.3) is 0 Å². The molecule has 2 N–H and O–H groups in total.